The summed E-state index contributed by atoms with van der Waals surface area (Å²) in [6.07, 6.45) is 4.63. The molecule has 0 radical (unpaired) electrons. The molecule has 0 aliphatic carbocycles. The van der Waals surface area contributed by atoms with Crippen LogP contribution in [0.2, 0.25) is 0 Å². The summed E-state index contributed by atoms with van der Waals surface area (Å²) in [5.41, 5.74) is 0. The SMILES string of the molecule is CCCCC(OCC)O[PH](=O)OC(CCCC)OCC. The van der Waals surface area contributed by atoms with Gasteiger partial charge in [-0.15, -0.1) is 0 Å². The van der Waals surface area contributed by atoms with Gasteiger partial charge in [0.1, 0.15) is 0 Å². The molecule has 122 valence electrons. The second-order valence-corrected chi connectivity index (χ2v) is 5.51. The zero-order valence-electron chi connectivity index (χ0n) is 13.4. The summed E-state index contributed by atoms with van der Waals surface area (Å²) in [4.78, 5) is 0. The zero-order chi connectivity index (χ0) is 15.2. The summed E-state index contributed by atoms with van der Waals surface area (Å²) in [5, 5.41) is 0. The topological polar surface area (TPSA) is 54.0 Å². The van der Waals surface area contributed by atoms with Gasteiger partial charge in [0, 0.05) is 13.2 Å². The van der Waals surface area contributed by atoms with Gasteiger partial charge in [0.05, 0.1) is 0 Å². The molecule has 0 saturated heterocycles. The molecule has 0 spiro atoms. The predicted molar refractivity (Wildman–Crippen MR) is 81.0 cm³/mol. The molecule has 0 aliphatic heterocycles. The van der Waals surface area contributed by atoms with Crippen LogP contribution in [0.25, 0.3) is 0 Å². The molecule has 0 amide bonds. The zero-order valence-corrected chi connectivity index (χ0v) is 14.4. The molecule has 0 rings (SSSR count). The molecule has 0 heterocycles. The molecule has 2 atom stereocenters. The van der Waals surface area contributed by atoms with Gasteiger partial charge in [-0.3, -0.25) is 13.6 Å². The molecule has 0 fully saturated rings. The molecule has 0 aliphatic rings. The summed E-state index contributed by atoms with van der Waals surface area (Å²) >= 11 is 0. The quantitative estimate of drug-likeness (QED) is 0.349. The van der Waals surface area contributed by atoms with E-state index in [9.17, 15) is 4.57 Å². The van der Waals surface area contributed by atoms with E-state index in [4.69, 9.17) is 18.5 Å². The monoisotopic (exact) mass is 310 g/mol. The second-order valence-electron chi connectivity index (χ2n) is 4.54. The van der Waals surface area contributed by atoms with Crippen molar-refractivity contribution in [3.8, 4) is 0 Å². The Morgan fingerprint density at radius 2 is 1.20 bits per heavy atom. The predicted octanol–water partition coefficient (Wildman–Crippen LogP) is 4.51. The maximum Gasteiger partial charge on any atom is 0.323 e. The Kier molecular flexibility index (Phi) is 14.1. The van der Waals surface area contributed by atoms with E-state index < -0.39 is 20.8 Å². The third-order valence-electron chi connectivity index (χ3n) is 2.75. The highest BCUT2D eigenvalue weighted by Gasteiger charge is 2.17. The molecule has 0 saturated carbocycles. The lowest BCUT2D eigenvalue weighted by molar-refractivity contribution is -0.113. The highest BCUT2D eigenvalue weighted by molar-refractivity contribution is 7.33. The smallest absolute Gasteiger partial charge is 0.323 e. The van der Waals surface area contributed by atoms with E-state index in [-0.39, 0.29) is 0 Å². The van der Waals surface area contributed by atoms with E-state index in [1.807, 2.05) is 13.8 Å². The van der Waals surface area contributed by atoms with Crippen molar-refractivity contribution in [2.24, 2.45) is 0 Å². The summed E-state index contributed by atoms with van der Waals surface area (Å²) in [5.74, 6) is 0. The molecule has 2 unspecified atom stereocenters. The van der Waals surface area contributed by atoms with E-state index in [0.717, 1.165) is 38.5 Å². The largest absolute Gasteiger partial charge is 0.352 e. The molecule has 6 heteroatoms. The van der Waals surface area contributed by atoms with Gasteiger partial charge in [0.2, 0.25) is 0 Å². The van der Waals surface area contributed by atoms with E-state index in [0.29, 0.717) is 13.2 Å². The third kappa shape index (κ3) is 10.8. The van der Waals surface area contributed by atoms with Crippen molar-refractivity contribution < 1.29 is 23.1 Å². The fraction of sp³-hybridized carbons (Fsp3) is 1.00. The molecular formula is C14H31O5P. The Balaban J connectivity index is 4.16. The molecule has 0 bridgehead atoms. The van der Waals surface area contributed by atoms with Gasteiger partial charge < -0.3 is 9.47 Å². The van der Waals surface area contributed by atoms with Crippen LogP contribution >= 0.6 is 8.25 Å². The summed E-state index contributed by atoms with van der Waals surface area (Å²) in [6, 6.07) is 0. The Morgan fingerprint density at radius 1 is 0.800 bits per heavy atom. The first-order valence-corrected chi connectivity index (χ1v) is 9.00. The standard InChI is InChI=1S/C14H31O5P/c1-5-9-11-13(16-7-3)18-20(15)19-14(17-8-4)12-10-6-2/h13-14,20H,5-12H2,1-4H3. The first-order valence-electron chi connectivity index (χ1n) is 7.78. The average molecular weight is 310 g/mol. The van der Waals surface area contributed by atoms with Gasteiger partial charge in [-0.2, -0.15) is 0 Å². The van der Waals surface area contributed by atoms with Gasteiger partial charge in [-0.1, -0.05) is 26.7 Å². The summed E-state index contributed by atoms with van der Waals surface area (Å²) in [7, 11) is -2.59. The third-order valence-corrected chi connectivity index (χ3v) is 3.66. The van der Waals surface area contributed by atoms with Crippen LogP contribution in [-0.2, 0) is 23.1 Å². The number of rotatable bonds is 14. The van der Waals surface area contributed by atoms with Crippen molar-refractivity contribution in [3.05, 3.63) is 0 Å². The van der Waals surface area contributed by atoms with Gasteiger partial charge in [0.25, 0.3) is 0 Å². The van der Waals surface area contributed by atoms with Crippen LogP contribution in [0, 0.1) is 0 Å². The van der Waals surface area contributed by atoms with Gasteiger partial charge in [-0.25, -0.2) is 0 Å². The van der Waals surface area contributed by atoms with Gasteiger partial charge >= 0.3 is 8.25 Å². The Hall–Kier alpha value is 0.0700. The van der Waals surface area contributed by atoms with Crippen LogP contribution in [0.3, 0.4) is 0 Å². The van der Waals surface area contributed by atoms with Crippen molar-refractivity contribution in [3.63, 3.8) is 0 Å². The lowest BCUT2D eigenvalue weighted by Gasteiger charge is -2.20. The molecule has 0 aromatic carbocycles. The molecule has 0 N–H and O–H groups in total. The van der Waals surface area contributed by atoms with Crippen molar-refractivity contribution in [1.29, 1.82) is 0 Å². The van der Waals surface area contributed by atoms with Crippen LogP contribution in [0.1, 0.15) is 66.2 Å². The number of hydrogen-bond acceptors (Lipinski definition) is 5. The Bertz CT molecular complexity index is 216. The maximum absolute atomic E-state index is 11.9. The van der Waals surface area contributed by atoms with Crippen molar-refractivity contribution >= 4 is 8.25 Å². The molecule has 0 aromatic rings. The van der Waals surface area contributed by atoms with E-state index in [1.165, 1.54) is 0 Å². The lowest BCUT2D eigenvalue weighted by atomic mass is 10.2. The average Bonchev–Trinajstić information content (AvgIpc) is 2.42. The van der Waals surface area contributed by atoms with Crippen LogP contribution in [-0.4, -0.2) is 25.8 Å². The fourth-order valence-electron chi connectivity index (χ4n) is 1.71. The van der Waals surface area contributed by atoms with Crippen molar-refractivity contribution in [2.75, 3.05) is 13.2 Å². The van der Waals surface area contributed by atoms with Crippen LogP contribution in [0.5, 0.6) is 0 Å². The molecule has 0 aromatic heterocycles. The normalized spacial score (nSPS) is 16.0. The van der Waals surface area contributed by atoms with Gasteiger partial charge in [0.15, 0.2) is 12.6 Å². The van der Waals surface area contributed by atoms with E-state index in [2.05, 4.69) is 13.8 Å². The van der Waals surface area contributed by atoms with Crippen LogP contribution < -0.4 is 0 Å². The summed E-state index contributed by atoms with van der Waals surface area (Å²) in [6.45, 7) is 9.05. The highest BCUT2D eigenvalue weighted by atomic mass is 31.1. The highest BCUT2D eigenvalue weighted by Crippen LogP contribution is 2.31. The number of hydrogen-bond donors (Lipinski definition) is 0. The lowest BCUT2D eigenvalue weighted by Crippen LogP contribution is -2.18. The minimum absolute atomic E-state index is 0.445. The van der Waals surface area contributed by atoms with Crippen molar-refractivity contribution in [2.45, 2.75) is 78.8 Å². The van der Waals surface area contributed by atoms with E-state index >= 15 is 0 Å². The molecule has 20 heavy (non-hydrogen) atoms. The minimum Gasteiger partial charge on any atom is -0.352 e. The Labute approximate surface area is 124 Å². The second kappa shape index (κ2) is 14.0. The first kappa shape index (κ1) is 20.1. The molecule has 5 nitrogen and oxygen atoms in total. The van der Waals surface area contributed by atoms with Crippen molar-refractivity contribution in [1.82, 2.24) is 0 Å². The number of unbranched alkanes of at least 4 members (excludes halogenated alkanes) is 2. The Morgan fingerprint density at radius 3 is 1.50 bits per heavy atom. The van der Waals surface area contributed by atoms with Crippen LogP contribution in [0.15, 0.2) is 0 Å². The summed E-state index contributed by atoms with van der Waals surface area (Å²) < 4.78 is 33.5. The molecular weight excluding hydrogens is 279 g/mol. The first-order chi connectivity index (χ1) is 9.67. The number of ether oxygens (including phenoxy) is 2. The fourth-order valence-corrected chi connectivity index (χ4v) is 2.56. The van der Waals surface area contributed by atoms with Crippen LogP contribution in [0.4, 0.5) is 0 Å². The maximum atomic E-state index is 11.9. The van der Waals surface area contributed by atoms with E-state index in [1.54, 1.807) is 0 Å². The van der Waals surface area contributed by atoms with Gasteiger partial charge in [-0.05, 0) is 39.5 Å². The minimum atomic E-state index is -2.59.